The number of hydrogen-bond acceptors (Lipinski definition) is 2. The predicted octanol–water partition coefficient (Wildman–Crippen LogP) is 3.20. The molecule has 1 aromatic rings. The van der Waals surface area contributed by atoms with Crippen LogP contribution in [0.15, 0.2) is 22.7 Å². The van der Waals surface area contributed by atoms with Gasteiger partial charge in [-0.2, -0.15) is 0 Å². The molecule has 0 unspecified atom stereocenters. The van der Waals surface area contributed by atoms with Gasteiger partial charge in [-0.1, -0.05) is 13.8 Å². The van der Waals surface area contributed by atoms with Crippen molar-refractivity contribution < 1.29 is 4.79 Å². The number of nitrogens with two attached hydrogens (primary N) is 1. The van der Waals surface area contributed by atoms with E-state index in [2.05, 4.69) is 35.1 Å². The van der Waals surface area contributed by atoms with Crippen LogP contribution in [0.4, 0.5) is 5.69 Å². The maximum absolute atomic E-state index is 12.0. The summed E-state index contributed by atoms with van der Waals surface area (Å²) in [6.07, 6.45) is 2.43. The Kier molecular flexibility index (Phi) is 3.66. The van der Waals surface area contributed by atoms with Gasteiger partial charge in [-0.3, -0.25) is 4.79 Å². The van der Waals surface area contributed by atoms with Crippen LogP contribution in [0.1, 0.15) is 37.0 Å². The van der Waals surface area contributed by atoms with Gasteiger partial charge in [-0.25, -0.2) is 0 Å². The minimum absolute atomic E-state index is 0.0406. The highest BCUT2D eigenvalue weighted by Crippen LogP contribution is 2.51. The third-order valence-electron chi connectivity index (χ3n) is 3.98. The van der Waals surface area contributed by atoms with Gasteiger partial charge in [-0.15, -0.1) is 0 Å². The molecule has 0 atom stereocenters. The van der Waals surface area contributed by atoms with Gasteiger partial charge in [0, 0.05) is 22.3 Å². The largest absolute Gasteiger partial charge is 0.398 e. The van der Waals surface area contributed by atoms with Crippen molar-refractivity contribution in [3.05, 3.63) is 28.2 Å². The monoisotopic (exact) mass is 310 g/mol. The summed E-state index contributed by atoms with van der Waals surface area (Å²) in [7, 11) is 0. The van der Waals surface area contributed by atoms with Crippen LogP contribution in [0.25, 0.3) is 0 Å². The molecule has 1 fully saturated rings. The molecule has 1 saturated carbocycles. The van der Waals surface area contributed by atoms with Gasteiger partial charge in [0.25, 0.3) is 5.91 Å². The number of benzene rings is 1. The van der Waals surface area contributed by atoms with Crippen LogP contribution in [0.3, 0.4) is 0 Å². The van der Waals surface area contributed by atoms with Gasteiger partial charge < -0.3 is 11.1 Å². The lowest BCUT2D eigenvalue weighted by Gasteiger charge is -2.20. The Balaban J connectivity index is 1.98. The van der Waals surface area contributed by atoms with E-state index in [-0.39, 0.29) is 5.91 Å². The van der Waals surface area contributed by atoms with Gasteiger partial charge in [0.1, 0.15) is 0 Å². The van der Waals surface area contributed by atoms with Gasteiger partial charge in [0.05, 0.1) is 0 Å². The standard InChI is InChI=1S/C14H19BrN2O/c1-9(2)14(5-6-14)8-17-13(18)10-3-4-11(15)12(16)7-10/h3-4,7,9H,5-6,8,16H2,1-2H3,(H,17,18). The maximum atomic E-state index is 12.0. The fourth-order valence-electron chi connectivity index (χ4n) is 2.16. The van der Waals surface area contributed by atoms with Gasteiger partial charge in [0.2, 0.25) is 0 Å². The Bertz CT molecular complexity index is 467. The van der Waals surface area contributed by atoms with Crippen molar-refractivity contribution in [2.75, 3.05) is 12.3 Å². The number of carbonyl (C=O) groups excluding carboxylic acids is 1. The molecule has 1 aromatic carbocycles. The highest BCUT2D eigenvalue weighted by Gasteiger charge is 2.45. The average molecular weight is 311 g/mol. The molecule has 0 aliphatic heterocycles. The predicted molar refractivity (Wildman–Crippen MR) is 77.4 cm³/mol. The minimum atomic E-state index is -0.0406. The zero-order valence-electron chi connectivity index (χ0n) is 10.8. The zero-order chi connectivity index (χ0) is 13.3. The lowest BCUT2D eigenvalue weighted by atomic mass is 9.92. The van der Waals surface area contributed by atoms with Crippen LogP contribution in [-0.2, 0) is 0 Å². The number of nitrogen functional groups attached to an aromatic ring is 1. The van der Waals surface area contributed by atoms with E-state index in [1.165, 1.54) is 12.8 Å². The highest BCUT2D eigenvalue weighted by molar-refractivity contribution is 9.10. The Hall–Kier alpha value is -1.03. The number of amides is 1. The molecule has 0 saturated heterocycles. The first-order chi connectivity index (χ1) is 8.44. The minimum Gasteiger partial charge on any atom is -0.398 e. The summed E-state index contributed by atoms with van der Waals surface area (Å²) in [6, 6.07) is 5.29. The Morgan fingerprint density at radius 1 is 1.50 bits per heavy atom. The van der Waals surface area contributed by atoms with Crippen molar-refractivity contribution in [1.29, 1.82) is 0 Å². The summed E-state index contributed by atoms with van der Waals surface area (Å²) >= 11 is 3.32. The van der Waals surface area contributed by atoms with Crippen LogP contribution in [0.5, 0.6) is 0 Å². The molecule has 3 N–H and O–H groups in total. The summed E-state index contributed by atoms with van der Waals surface area (Å²) in [5.41, 5.74) is 7.32. The summed E-state index contributed by atoms with van der Waals surface area (Å²) in [5, 5.41) is 3.02. The molecule has 1 aliphatic carbocycles. The molecular formula is C14H19BrN2O. The Morgan fingerprint density at radius 2 is 2.17 bits per heavy atom. The molecule has 0 radical (unpaired) electrons. The Labute approximate surface area is 116 Å². The number of nitrogens with one attached hydrogen (secondary N) is 1. The quantitative estimate of drug-likeness (QED) is 0.839. The first-order valence-electron chi connectivity index (χ1n) is 6.28. The van der Waals surface area contributed by atoms with E-state index in [9.17, 15) is 4.79 Å². The fourth-order valence-corrected chi connectivity index (χ4v) is 2.41. The molecule has 0 bridgehead atoms. The fraction of sp³-hybridized carbons (Fsp3) is 0.500. The second-order valence-electron chi connectivity index (χ2n) is 5.44. The number of hydrogen-bond donors (Lipinski definition) is 2. The van der Waals surface area contributed by atoms with Crippen molar-refractivity contribution in [2.45, 2.75) is 26.7 Å². The number of carbonyl (C=O) groups is 1. The molecule has 0 spiro atoms. The van der Waals surface area contributed by atoms with Crippen molar-refractivity contribution >= 4 is 27.5 Å². The Morgan fingerprint density at radius 3 is 2.67 bits per heavy atom. The first kappa shape index (κ1) is 13.4. The molecule has 1 aliphatic rings. The molecule has 0 heterocycles. The molecule has 0 aromatic heterocycles. The number of anilines is 1. The van der Waals surface area contributed by atoms with Crippen LogP contribution in [0.2, 0.25) is 0 Å². The summed E-state index contributed by atoms with van der Waals surface area (Å²) in [6.45, 7) is 5.20. The van der Waals surface area contributed by atoms with E-state index < -0.39 is 0 Å². The third-order valence-corrected chi connectivity index (χ3v) is 4.70. The second-order valence-corrected chi connectivity index (χ2v) is 6.29. The number of halogens is 1. The van der Waals surface area contributed by atoms with E-state index >= 15 is 0 Å². The van der Waals surface area contributed by atoms with Gasteiger partial charge in [-0.05, 0) is 58.3 Å². The molecule has 1 amide bonds. The normalized spacial score (nSPS) is 16.7. The van der Waals surface area contributed by atoms with Gasteiger partial charge in [0.15, 0.2) is 0 Å². The molecule has 98 valence electrons. The van der Waals surface area contributed by atoms with E-state index in [0.29, 0.717) is 22.6 Å². The SMILES string of the molecule is CC(C)C1(CNC(=O)c2ccc(Br)c(N)c2)CC1. The smallest absolute Gasteiger partial charge is 0.251 e. The van der Waals surface area contributed by atoms with Crippen LogP contribution in [0, 0.1) is 11.3 Å². The summed E-state index contributed by atoms with van der Waals surface area (Å²) < 4.78 is 0.819. The lowest BCUT2D eigenvalue weighted by molar-refractivity contribution is 0.0940. The molecule has 3 nitrogen and oxygen atoms in total. The van der Waals surface area contributed by atoms with E-state index in [1.54, 1.807) is 18.2 Å². The summed E-state index contributed by atoms with van der Waals surface area (Å²) in [4.78, 5) is 12.0. The number of rotatable bonds is 4. The maximum Gasteiger partial charge on any atom is 0.251 e. The van der Waals surface area contributed by atoms with Crippen LogP contribution in [-0.4, -0.2) is 12.5 Å². The molecule has 4 heteroatoms. The van der Waals surface area contributed by atoms with Crippen LogP contribution >= 0.6 is 15.9 Å². The average Bonchev–Trinajstić information content (AvgIpc) is 3.11. The van der Waals surface area contributed by atoms with Crippen molar-refractivity contribution in [2.24, 2.45) is 11.3 Å². The van der Waals surface area contributed by atoms with E-state index in [4.69, 9.17) is 5.73 Å². The van der Waals surface area contributed by atoms with Crippen molar-refractivity contribution in [3.63, 3.8) is 0 Å². The van der Waals surface area contributed by atoms with Gasteiger partial charge >= 0.3 is 0 Å². The lowest BCUT2D eigenvalue weighted by Crippen LogP contribution is -2.32. The molecule has 2 rings (SSSR count). The molecular weight excluding hydrogens is 292 g/mol. The summed E-state index contributed by atoms with van der Waals surface area (Å²) in [5.74, 6) is 0.578. The molecule has 18 heavy (non-hydrogen) atoms. The highest BCUT2D eigenvalue weighted by atomic mass is 79.9. The second kappa shape index (κ2) is 4.92. The van der Waals surface area contributed by atoms with Crippen molar-refractivity contribution in [3.8, 4) is 0 Å². The van der Waals surface area contributed by atoms with Crippen molar-refractivity contribution in [1.82, 2.24) is 5.32 Å². The van der Waals surface area contributed by atoms with Crippen LogP contribution < -0.4 is 11.1 Å². The topological polar surface area (TPSA) is 55.1 Å². The van der Waals surface area contributed by atoms with E-state index in [0.717, 1.165) is 11.0 Å². The zero-order valence-corrected chi connectivity index (χ0v) is 12.4. The third kappa shape index (κ3) is 2.69. The van der Waals surface area contributed by atoms with E-state index in [1.807, 2.05) is 0 Å². The first-order valence-corrected chi connectivity index (χ1v) is 7.07.